The first-order valence-corrected chi connectivity index (χ1v) is 16.4. The zero-order valence-electron chi connectivity index (χ0n) is 27.4. The molecule has 44 heavy (non-hydrogen) atoms. The molecule has 3 aromatic rings. The molecule has 2 heterocycles. The maximum atomic E-state index is 6.70. The summed E-state index contributed by atoms with van der Waals surface area (Å²) in [5.41, 5.74) is 10.6. The van der Waals surface area contributed by atoms with Crippen molar-refractivity contribution in [2.75, 3.05) is 18.0 Å². The van der Waals surface area contributed by atoms with Gasteiger partial charge in [-0.3, -0.25) is 0 Å². The Morgan fingerprint density at radius 1 is 0.750 bits per heavy atom. The van der Waals surface area contributed by atoms with E-state index in [1.165, 1.54) is 45.1 Å². The molecule has 226 valence electrons. The second kappa shape index (κ2) is 12.1. The number of hydrogen-bond acceptors (Lipinski definition) is 2. The number of ether oxygens (including phenoxy) is 1. The molecule has 0 fully saturated rings. The SMILES string of the molecule is CCCN1C(=CC=C2CCC(C=CC3=[N+](CCC)c4ccccc4C3(C)C)=C2Oc2ccccc2)C(C)(C)c2ccccc21. The molecule has 0 amide bonds. The van der Waals surface area contributed by atoms with Gasteiger partial charge in [0.15, 0.2) is 5.71 Å². The van der Waals surface area contributed by atoms with Crippen molar-refractivity contribution < 1.29 is 9.31 Å². The van der Waals surface area contributed by atoms with Gasteiger partial charge in [-0.1, -0.05) is 88.4 Å². The summed E-state index contributed by atoms with van der Waals surface area (Å²) in [7, 11) is 0. The average molecular weight is 584 g/mol. The summed E-state index contributed by atoms with van der Waals surface area (Å²) in [5.74, 6) is 1.87. The zero-order valence-corrected chi connectivity index (χ0v) is 27.4. The molecule has 2 aliphatic heterocycles. The van der Waals surface area contributed by atoms with Gasteiger partial charge >= 0.3 is 0 Å². The lowest BCUT2D eigenvalue weighted by atomic mass is 9.81. The highest BCUT2D eigenvalue weighted by Crippen LogP contribution is 2.48. The molecule has 1 aliphatic carbocycles. The molecule has 0 saturated carbocycles. The Bertz CT molecular complexity index is 1700. The fraction of sp³-hybridized carbons (Fsp3) is 0.341. The lowest BCUT2D eigenvalue weighted by Crippen LogP contribution is -2.27. The average Bonchev–Trinajstić information content (AvgIpc) is 3.57. The van der Waals surface area contributed by atoms with E-state index in [1.54, 1.807) is 0 Å². The summed E-state index contributed by atoms with van der Waals surface area (Å²) >= 11 is 0. The molecule has 0 unspecified atom stereocenters. The van der Waals surface area contributed by atoms with Crippen molar-refractivity contribution in [1.82, 2.24) is 0 Å². The van der Waals surface area contributed by atoms with Crippen molar-refractivity contribution in [1.29, 1.82) is 0 Å². The number of hydrogen-bond donors (Lipinski definition) is 0. The molecule has 0 N–H and O–H groups in total. The van der Waals surface area contributed by atoms with Gasteiger partial charge in [-0.05, 0) is 80.2 Å². The summed E-state index contributed by atoms with van der Waals surface area (Å²) in [6, 6.07) is 28.0. The molecule has 0 spiro atoms. The molecule has 3 heteroatoms. The number of benzene rings is 3. The van der Waals surface area contributed by atoms with Gasteiger partial charge in [-0.2, -0.15) is 4.58 Å². The first kappa shape index (κ1) is 29.9. The van der Waals surface area contributed by atoms with Crippen LogP contribution in [0.25, 0.3) is 0 Å². The first-order valence-electron chi connectivity index (χ1n) is 16.4. The molecule has 3 aromatic carbocycles. The standard InChI is InChI=1S/C41H47N2O/c1-7-28-42-35-20-14-12-18-33(35)40(3,4)37(42)26-24-30-22-23-31(39(30)44-32-16-10-9-11-17-32)25-27-38-41(5,6)34-19-13-15-21-36(34)43(38)29-8-2/h9-21,24-27H,7-8,22-23,28-29H2,1-6H3/q+1. The van der Waals surface area contributed by atoms with Crippen molar-refractivity contribution in [2.24, 2.45) is 0 Å². The van der Waals surface area contributed by atoms with E-state index >= 15 is 0 Å². The first-order chi connectivity index (χ1) is 21.3. The monoisotopic (exact) mass is 583 g/mol. The molecule has 0 bridgehead atoms. The van der Waals surface area contributed by atoms with Gasteiger partial charge in [0.1, 0.15) is 18.1 Å². The predicted octanol–water partition coefficient (Wildman–Crippen LogP) is 10.2. The van der Waals surface area contributed by atoms with Gasteiger partial charge in [0.05, 0.1) is 5.41 Å². The molecule has 0 radical (unpaired) electrons. The summed E-state index contributed by atoms with van der Waals surface area (Å²) in [5, 5.41) is 0. The van der Waals surface area contributed by atoms with Crippen LogP contribution in [0.2, 0.25) is 0 Å². The number of nitrogens with zero attached hydrogens (tertiary/aromatic N) is 2. The van der Waals surface area contributed by atoms with Crippen LogP contribution in [-0.2, 0) is 10.8 Å². The molecule has 0 atom stereocenters. The van der Waals surface area contributed by atoms with E-state index in [1.807, 2.05) is 18.2 Å². The van der Waals surface area contributed by atoms with E-state index in [9.17, 15) is 0 Å². The fourth-order valence-corrected chi connectivity index (χ4v) is 7.33. The Morgan fingerprint density at radius 2 is 1.45 bits per heavy atom. The summed E-state index contributed by atoms with van der Waals surface area (Å²) in [6.07, 6.45) is 13.5. The van der Waals surface area contributed by atoms with E-state index in [2.05, 4.69) is 136 Å². The molecular weight excluding hydrogens is 536 g/mol. The van der Waals surface area contributed by atoms with E-state index in [0.29, 0.717) is 0 Å². The van der Waals surface area contributed by atoms with E-state index in [-0.39, 0.29) is 10.8 Å². The topological polar surface area (TPSA) is 15.5 Å². The lowest BCUT2D eigenvalue weighted by molar-refractivity contribution is -0.437. The zero-order chi connectivity index (χ0) is 30.9. The van der Waals surface area contributed by atoms with Gasteiger partial charge in [0.25, 0.3) is 0 Å². The third kappa shape index (κ3) is 5.27. The minimum absolute atomic E-state index is 0.0588. The molecule has 0 saturated heterocycles. The Kier molecular flexibility index (Phi) is 8.24. The quantitative estimate of drug-likeness (QED) is 0.233. The van der Waals surface area contributed by atoms with E-state index < -0.39 is 0 Å². The van der Waals surface area contributed by atoms with E-state index in [0.717, 1.165) is 50.3 Å². The number of rotatable bonds is 9. The minimum Gasteiger partial charge on any atom is -0.457 e. The predicted molar refractivity (Wildman–Crippen MR) is 185 cm³/mol. The Labute approximate surface area is 264 Å². The number of allylic oxidation sites excluding steroid dienone is 7. The van der Waals surface area contributed by atoms with Gasteiger partial charge in [-0.15, -0.1) is 0 Å². The number of fused-ring (bicyclic) bond motifs is 2. The number of anilines is 1. The van der Waals surface area contributed by atoms with Crippen molar-refractivity contribution >= 4 is 17.1 Å². The van der Waals surface area contributed by atoms with Crippen LogP contribution in [0.1, 0.15) is 78.4 Å². The number of para-hydroxylation sites is 3. The van der Waals surface area contributed by atoms with Crippen LogP contribution in [0, 0.1) is 0 Å². The summed E-state index contributed by atoms with van der Waals surface area (Å²) < 4.78 is 9.22. The van der Waals surface area contributed by atoms with Gasteiger partial charge in [-0.25, -0.2) is 0 Å². The summed E-state index contributed by atoms with van der Waals surface area (Å²) in [4.78, 5) is 2.52. The second-order valence-electron chi connectivity index (χ2n) is 13.3. The highest BCUT2D eigenvalue weighted by atomic mass is 16.5. The van der Waals surface area contributed by atoms with Crippen LogP contribution >= 0.6 is 0 Å². The van der Waals surface area contributed by atoms with Crippen molar-refractivity contribution in [3.8, 4) is 5.75 Å². The van der Waals surface area contributed by atoms with Crippen molar-refractivity contribution in [2.45, 2.75) is 78.1 Å². The smallest absolute Gasteiger partial charge is 0.209 e. The third-order valence-electron chi connectivity index (χ3n) is 9.59. The lowest BCUT2D eigenvalue weighted by Gasteiger charge is -2.26. The second-order valence-corrected chi connectivity index (χ2v) is 13.3. The van der Waals surface area contributed by atoms with Crippen LogP contribution < -0.4 is 9.64 Å². The van der Waals surface area contributed by atoms with Crippen LogP contribution in [0.15, 0.2) is 126 Å². The van der Waals surface area contributed by atoms with Crippen LogP contribution in [0.4, 0.5) is 11.4 Å². The maximum Gasteiger partial charge on any atom is 0.209 e. The van der Waals surface area contributed by atoms with Crippen molar-refractivity contribution in [3.05, 3.63) is 137 Å². The Hall–Kier alpha value is -4.11. The van der Waals surface area contributed by atoms with Gasteiger partial charge in [0.2, 0.25) is 5.69 Å². The van der Waals surface area contributed by atoms with Crippen LogP contribution in [0.3, 0.4) is 0 Å². The van der Waals surface area contributed by atoms with Crippen LogP contribution in [0.5, 0.6) is 5.75 Å². The molecular formula is C41H47N2O+. The maximum absolute atomic E-state index is 6.70. The minimum atomic E-state index is -0.0588. The van der Waals surface area contributed by atoms with Crippen LogP contribution in [-0.4, -0.2) is 23.4 Å². The van der Waals surface area contributed by atoms with E-state index in [4.69, 9.17) is 4.74 Å². The Morgan fingerprint density at radius 3 is 2.20 bits per heavy atom. The van der Waals surface area contributed by atoms with Gasteiger partial charge in [0, 0.05) is 47.5 Å². The molecule has 3 nitrogen and oxygen atoms in total. The summed E-state index contributed by atoms with van der Waals surface area (Å²) in [6.45, 7) is 16.0. The molecule has 6 rings (SSSR count). The normalized spacial score (nSPS) is 20.4. The molecule has 0 aromatic heterocycles. The Balaban J connectivity index is 1.41. The molecule has 3 aliphatic rings. The highest BCUT2D eigenvalue weighted by Gasteiger charge is 2.44. The highest BCUT2D eigenvalue weighted by molar-refractivity contribution is 6.03. The fourth-order valence-electron chi connectivity index (χ4n) is 7.33. The third-order valence-corrected chi connectivity index (χ3v) is 9.59. The van der Waals surface area contributed by atoms with Crippen molar-refractivity contribution in [3.63, 3.8) is 0 Å². The van der Waals surface area contributed by atoms with Gasteiger partial charge < -0.3 is 9.64 Å². The largest absolute Gasteiger partial charge is 0.457 e.